The number of hydrogen-bond donors (Lipinski definition) is 0. The Balaban J connectivity index is 1.87. The smallest absolute Gasteiger partial charge is 0.267 e. The molecule has 1 aromatic heterocycles. The number of nitro benzene ring substituents is 1. The van der Waals surface area contributed by atoms with Crippen molar-refractivity contribution in [2.45, 2.75) is 10.1 Å². The SMILES string of the molecule is N#Cc1cc([N+](=O)[O-])ccc1Sc1nnc(-c2ccccc2)n1-c1ccc(F)cc1F. The van der Waals surface area contributed by atoms with E-state index in [1.165, 1.54) is 22.8 Å². The van der Waals surface area contributed by atoms with Crippen LogP contribution in [0.2, 0.25) is 0 Å². The first-order valence-electron chi connectivity index (χ1n) is 8.80. The molecule has 0 aliphatic carbocycles. The van der Waals surface area contributed by atoms with E-state index >= 15 is 0 Å². The van der Waals surface area contributed by atoms with Gasteiger partial charge in [-0.3, -0.25) is 14.7 Å². The average molecular weight is 435 g/mol. The maximum Gasteiger partial charge on any atom is 0.270 e. The van der Waals surface area contributed by atoms with Crippen LogP contribution in [-0.2, 0) is 0 Å². The molecule has 0 fully saturated rings. The van der Waals surface area contributed by atoms with E-state index in [0.29, 0.717) is 16.3 Å². The van der Waals surface area contributed by atoms with E-state index in [1.54, 1.807) is 24.3 Å². The van der Waals surface area contributed by atoms with Crippen LogP contribution in [0, 0.1) is 33.1 Å². The van der Waals surface area contributed by atoms with Gasteiger partial charge in [-0.25, -0.2) is 8.78 Å². The van der Waals surface area contributed by atoms with Gasteiger partial charge in [-0.2, -0.15) is 5.26 Å². The third-order valence-corrected chi connectivity index (χ3v) is 5.33. The minimum absolute atomic E-state index is 0.0215. The van der Waals surface area contributed by atoms with Gasteiger partial charge in [0.15, 0.2) is 5.82 Å². The summed E-state index contributed by atoms with van der Waals surface area (Å²) in [7, 11) is 0. The number of nitriles is 1. The van der Waals surface area contributed by atoms with Gasteiger partial charge in [-0.05, 0) is 30.0 Å². The van der Waals surface area contributed by atoms with Crippen molar-refractivity contribution in [2.75, 3.05) is 0 Å². The number of rotatable bonds is 5. The lowest BCUT2D eigenvalue weighted by Crippen LogP contribution is -2.03. The van der Waals surface area contributed by atoms with Gasteiger partial charge in [0.1, 0.15) is 17.7 Å². The van der Waals surface area contributed by atoms with Crippen molar-refractivity contribution in [2.24, 2.45) is 0 Å². The summed E-state index contributed by atoms with van der Waals surface area (Å²) in [4.78, 5) is 10.8. The van der Waals surface area contributed by atoms with Crippen LogP contribution in [-0.4, -0.2) is 19.7 Å². The molecule has 0 spiro atoms. The summed E-state index contributed by atoms with van der Waals surface area (Å²) in [6.07, 6.45) is 0. The molecule has 0 N–H and O–H groups in total. The number of hydrogen-bond acceptors (Lipinski definition) is 6. The fraction of sp³-hybridized carbons (Fsp3) is 0. The normalized spacial score (nSPS) is 10.6. The van der Waals surface area contributed by atoms with Crippen molar-refractivity contribution in [1.29, 1.82) is 5.26 Å². The van der Waals surface area contributed by atoms with E-state index in [9.17, 15) is 24.2 Å². The lowest BCUT2D eigenvalue weighted by Gasteiger charge is -2.12. The number of nitrogens with zero attached hydrogens (tertiary/aromatic N) is 5. The summed E-state index contributed by atoms with van der Waals surface area (Å²) in [5.41, 5.74) is 0.509. The summed E-state index contributed by atoms with van der Waals surface area (Å²) in [6, 6.07) is 17.8. The van der Waals surface area contributed by atoms with Crippen molar-refractivity contribution in [3.05, 3.63) is 94.0 Å². The number of halogens is 2. The third-order valence-electron chi connectivity index (χ3n) is 4.31. The standard InChI is InChI=1S/C21H11F2N5O2S/c22-15-6-8-18(17(23)11-15)27-20(13-4-2-1-3-5-13)25-26-21(27)31-19-9-7-16(28(29)30)10-14(19)12-24/h1-11H. The van der Waals surface area contributed by atoms with Crippen LogP contribution in [0.3, 0.4) is 0 Å². The molecule has 0 radical (unpaired) electrons. The first kappa shape index (κ1) is 20.2. The Morgan fingerprint density at radius 3 is 2.48 bits per heavy atom. The van der Waals surface area contributed by atoms with Gasteiger partial charge in [-0.15, -0.1) is 10.2 Å². The van der Waals surface area contributed by atoms with E-state index < -0.39 is 16.6 Å². The first-order chi connectivity index (χ1) is 15.0. The molecule has 1 heterocycles. The van der Waals surface area contributed by atoms with E-state index in [2.05, 4.69) is 10.2 Å². The molecule has 152 valence electrons. The largest absolute Gasteiger partial charge is 0.270 e. The molecule has 0 aliphatic heterocycles. The molecule has 7 nitrogen and oxygen atoms in total. The van der Waals surface area contributed by atoms with E-state index in [0.717, 1.165) is 30.0 Å². The summed E-state index contributed by atoms with van der Waals surface area (Å²) in [5.74, 6) is -1.23. The van der Waals surface area contributed by atoms with Crippen LogP contribution < -0.4 is 0 Å². The van der Waals surface area contributed by atoms with E-state index in [4.69, 9.17) is 0 Å². The van der Waals surface area contributed by atoms with Gasteiger partial charge in [0.2, 0.25) is 5.16 Å². The Morgan fingerprint density at radius 2 is 1.81 bits per heavy atom. The Bertz CT molecular complexity index is 1340. The molecule has 0 unspecified atom stereocenters. The zero-order valence-electron chi connectivity index (χ0n) is 15.6. The van der Waals surface area contributed by atoms with Crippen LogP contribution in [0.15, 0.2) is 76.8 Å². The van der Waals surface area contributed by atoms with Crippen LogP contribution in [0.4, 0.5) is 14.5 Å². The van der Waals surface area contributed by atoms with Gasteiger partial charge in [-0.1, -0.05) is 30.3 Å². The van der Waals surface area contributed by atoms with Gasteiger partial charge in [0.25, 0.3) is 5.69 Å². The highest BCUT2D eigenvalue weighted by atomic mass is 32.2. The molecule has 3 aromatic carbocycles. The molecular formula is C21H11F2N5O2S. The highest BCUT2D eigenvalue weighted by Gasteiger charge is 2.21. The van der Waals surface area contributed by atoms with Crippen LogP contribution in [0.5, 0.6) is 0 Å². The topological polar surface area (TPSA) is 97.6 Å². The predicted molar refractivity (Wildman–Crippen MR) is 109 cm³/mol. The molecule has 0 atom stereocenters. The summed E-state index contributed by atoms with van der Waals surface area (Å²) < 4.78 is 29.6. The monoisotopic (exact) mass is 435 g/mol. The van der Waals surface area contributed by atoms with Crippen LogP contribution in [0.1, 0.15) is 5.56 Å². The zero-order valence-corrected chi connectivity index (χ0v) is 16.4. The van der Waals surface area contributed by atoms with Crippen molar-refractivity contribution >= 4 is 17.4 Å². The third kappa shape index (κ3) is 3.99. The Hall–Kier alpha value is -4.10. The minimum atomic E-state index is -0.817. The molecule has 31 heavy (non-hydrogen) atoms. The zero-order chi connectivity index (χ0) is 22.0. The summed E-state index contributed by atoms with van der Waals surface area (Å²) >= 11 is 0.993. The molecule has 4 aromatic rings. The van der Waals surface area contributed by atoms with Gasteiger partial charge < -0.3 is 0 Å². The number of nitro groups is 1. The van der Waals surface area contributed by atoms with Crippen molar-refractivity contribution in [1.82, 2.24) is 14.8 Å². The fourth-order valence-corrected chi connectivity index (χ4v) is 3.80. The Morgan fingerprint density at radius 1 is 1.03 bits per heavy atom. The summed E-state index contributed by atoms with van der Waals surface area (Å²) in [6.45, 7) is 0. The molecule has 0 amide bonds. The van der Waals surface area contributed by atoms with Gasteiger partial charge in [0.05, 0.1) is 16.2 Å². The molecule has 4 rings (SSSR count). The van der Waals surface area contributed by atoms with Gasteiger partial charge >= 0.3 is 0 Å². The highest BCUT2D eigenvalue weighted by Crippen LogP contribution is 2.35. The fourth-order valence-electron chi connectivity index (χ4n) is 2.90. The lowest BCUT2D eigenvalue weighted by atomic mass is 10.2. The Kier molecular flexibility index (Phi) is 5.43. The van der Waals surface area contributed by atoms with Crippen molar-refractivity contribution < 1.29 is 13.7 Å². The molecular weight excluding hydrogens is 424 g/mol. The van der Waals surface area contributed by atoms with Crippen LogP contribution in [0.25, 0.3) is 17.1 Å². The first-order valence-corrected chi connectivity index (χ1v) is 9.62. The quantitative estimate of drug-likeness (QED) is 0.318. The molecule has 0 bridgehead atoms. The Labute approximate surface area is 178 Å². The molecule has 10 heteroatoms. The number of non-ortho nitro benzene ring substituents is 1. The van der Waals surface area contributed by atoms with E-state index in [1.807, 2.05) is 12.1 Å². The second kappa shape index (κ2) is 8.33. The molecule has 0 aliphatic rings. The lowest BCUT2D eigenvalue weighted by molar-refractivity contribution is -0.384. The second-order valence-electron chi connectivity index (χ2n) is 6.25. The maximum atomic E-state index is 14.7. The predicted octanol–water partition coefficient (Wildman–Crippen LogP) is 5.14. The summed E-state index contributed by atoms with van der Waals surface area (Å²) in [5, 5.41) is 28.9. The maximum absolute atomic E-state index is 14.7. The second-order valence-corrected chi connectivity index (χ2v) is 7.26. The van der Waals surface area contributed by atoms with Gasteiger partial charge in [0, 0.05) is 28.7 Å². The van der Waals surface area contributed by atoms with E-state index in [-0.39, 0.29) is 22.1 Å². The van der Waals surface area contributed by atoms with Crippen molar-refractivity contribution in [3.63, 3.8) is 0 Å². The minimum Gasteiger partial charge on any atom is -0.267 e. The van der Waals surface area contributed by atoms with Crippen molar-refractivity contribution in [3.8, 4) is 23.1 Å². The number of aromatic nitrogens is 3. The number of benzene rings is 3. The highest BCUT2D eigenvalue weighted by molar-refractivity contribution is 7.99. The van der Waals surface area contributed by atoms with Crippen LogP contribution >= 0.6 is 11.8 Å². The molecule has 0 saturated heterocycles. The molecule has 0 saturated carbocycles. The average Bonchev–Trinajstić information content (AvgIpc) is 3.17.